The molecule has 0 aromatic heterocycles. The van der Waals surface area contributed by atoms with E-state index in [1.807, 2.05) is 31.4 Å². The van der Waals surface area contributed by atoms with Crippen LogP contribution in [0.2, 0.25) is 0 Å². The molecule has 0 spiro atoms. The largest absolute Gasteiger partial charge is 0.388 e. The van der Waals surface area contributed by atoms with Gasteiger partial charge in [0.2, 0.25) is 0 Å². The fraction of sp³-hybridized carbons (Fsp3) is 0.529. The van der Waals surface area contributed by atoms with Crippen molar-refractivity contribution in [2.24, 2.45) is 11.5 Å². The summed E-state index contributed by atoms with van der Waals surface area (Å²) in [6.07, 6.45) is 11.8. The van der Waals surface area contributed by atoms with Gasteiger partial charge in [-0.25, -0.2) is 0 Å². The van der Waals surface area contributed by atoms with Gasteiger partial charge in [-0.05, 0) is 37.6 Å². The van der Waals surface area contributed by atoms with Gasteiger partial charge in [0.15, 0.2) is 0 Å². The van der Waals surface area contributed by atoms with E-state index in [2.05, 4.69) is 31.1 Å². The van der Waals surface area contributed by atoms with Crippen LogP contribution in [0.4, 0.5) is 0 Å². The van der Waals surface area contributed by atoms with Gasteiger partial charge >= 0.3 is 0 Å². The Kier molecular flexibility index (Phi) is 11.4. The van der Waals surface area contributed by atoms with Crippen molar-refractivity contribution >= 4 is 0 Å². The highest BCUT2D eigenvalue weighted by Crippen LogP contribution is 2.04. The smallest absolute Gasteiger partial charge is 0.0622 e. The predicted molar refractivity (Wildman–Crippen MR) is 93.7 cm³/mol. The molecule has 0 fully saturated rings. The van der Waals surface area contributed by atoms with E-state index >= 15 is 0 Å². The van der Waals surface area contributed by atoms with E-state index in [9.17, 15) is 0 Å². The molecule has 4 heteroatoms. The van der Waals surface area contributed by atoms with Crippen LogP contribution < -0.4 is 22.1 Å². The summed E-state index contributed by atoms with van der Waals surface area (Å²) in [5, 5.41) is 6.82. The highest BCUT2D eigenvalue weighted by molar-refractivity contribution is 5.19. The summed E-state index contributed by atoms with van der Waals surface area (Å²) >= 11 is 0. The van der Waals surface area contributed by atoms with Crippen LogP contribution >= 0.6 is 0 Å². The molecule has 0 aliphatic carbocycles. The number of hydrogen-bond acceptors (Lipinski definition) is 4. The summed E-state index contributed by atoms with van der Waals surface area (Å²) in [5.41, 5.74) is 13.9. The molecule has 0 radical (unpaired) electrons. The molecule has 1 atom stereocenters. The van der Waals surface area contributed by atoms with Crippen molar-refractivity contribution in [3.8, 4) is 0 Å². The molecule has 0 rings (SSSR count). The molecule has 4 nitrogen and oxygen atoms in total. The first-order valence-electron chi connectivity index (χ1n) is 7.70. The van der Waals surface area contributed by atoms with Crippen molar-refractivity contribution in [3.05, 3.63) is 48.4 Å². The third-order valence-electron chi connectivity index (χ3n) is 3.40. The maximum absolute atomic E-state index is 5.88. The second-order valence-electron chi connectivity index (χ2n) is 5.01. The molecule has 0 aromatic rings. The van der Waals surface area contributed by atoms with Gasteiger partial charge in [-0.2, -0.15) is 0 Å². The van der Waals surface area contributed by atoms with E-state index in [-0.39, 0.29) is 6.04 Å². The molecular formula is C17H32N4. The van der Waals surface area contributed by atoms with Crippen LogP contribution in [-0.2, 0) is 0 Å². The molecule has 0 bridgehead atoms. The standard InChI is InChI=1S/C17H32N4/c1-5-8-9-10-14(4)21-17(12-19)15(11-18)13-20-16(6-2)7-3/h5,8-10,13,16-17,20-21H,1,6-7,11-12,18-19H2,2-4H3/b9-8-,14-10+,15-13+. The van der Waals surface area contributed by atoms with Crippen LogP contribution in [0.15, 0.2) is 48.4 Å². The zero-order valence-corrected chi connectivity index (χ0v) is 13.7. The van der Waals surface area contributed by atoms with E-state index in [1.54, 1.807) is 6.08 Å². The van der Waals surface area contributed by atoms with Gasteiger partial charge in [0.25, 0.3) is 0 Å². The van der Waals surface area contributed by atoms with Gasteiger partial charge < -0.3 is 22.1 Å². The molecule has 0 saturated heterocycles. The van der Waals surface area contributed by atoms with Crippen LogP contribution in [0.25, 0.3) is 0 Å². The highest BCUT2D eigenvalue weighted by Gasteiger charge is 2.11. The Labute approximate surface area is 130 Å². The van der Waals surface area contributed by atoms with E-state index < -0.39 is 0 Å². The van der Waals surface area contributed by atoms with Gasteiger partial charge in [-0.1, -0.05) is 38.7 Å². The van der Waals surface area contributed by atoms with Crippen molar-refractivity contribution in [1.29, 1.82) is 0 Å². The number of hydrogen-bond donors (Lipinski definition) is 4. The second-order valence-corrected chi connectivity index (χ2v) is 5.01. The minimum absolute atomic E-state index is 0.0465. The topological polar surface area (TPSA) is 76.1 Å². The minimum atomic E-state index is 0.0465. The summed E-state index contributed by atoms with van der Waals surface area (Å²) in [6.45, 7) is 11.0. The van der Waals surface area contributed by atoms with E-state index in [0.717, 1.165) is 24.1 Å². The molecule has 0 aromatic carbocycles. The summed E-state index contributed by atoms with van der Waals surface area (Å²) in [5.74, 6) is 0. The molecule has 0 aliphatic heterocycles. The molecule has 120 valence electrons. The SMILES string of the molecule is C=C/C=C\C=C(/C)NC(CN)/C(=C/NC(CC)CC)CN. The third-order valence-corrected chi connectivity index (χ3v) is 3.40. The first kappa shape index (κ1) is 19.5. The fourth-order valence-electron chi connectivity index (χ4n) is 1.96. The van der Waals surface area contributed by atoms with Gasteiger partial charge in [0.1, 0.15) is 0 Å². The zero-order valence-electron chi connectivity index (χ0n) is 13.7. The molecule has 0 amide bonds. The molecule has 6 N–H and O–H groups in total. The first-order valence-corrected chi connectivity index (χ1v) is 7.70. The van der Waals surface area contributed by atoms with Gasteiger partial charge in [-0.3, -0.25) is 0 Å². The summed E-state index contributed by atoms with van der Waals surface area (Å²) in [6, 6.07) is 0.530. The van der Waals surface area contributed by atoms with Crippen LogP contribution in [0.5, 0.6) is 0 Å². The van der Waals surface area contributed by atoms with E-state index in [0.29, 0.717) is 19.1 Å². The van der Waals surface area contributed by atoms with Gasteiger partial charge in [0, 0.05) is 24.8 Å². The molecular weight excluding hydrogens is 260 g/mol. The Hall–Kier alpha value is -1.52. The van der Waals surface area contributed by atoms with Crippen molar-refractivity contribution in [2.75, 3.05) is 13.1 Å². The Morgan fingerprint density at radius 1 is 1.19 bits per heavy atom. The Bertz CT molecular complexity index is 365. The fourth-order valence-corrected chi connectivity index (χ4v) is 1.96. The molecule has 0 saturated carbocycles. The number of nitrogens with two attached hydrogens (primary N) is 2. The molecule has 1 unspecified atom stereocenters. The Morgan fingerprint density at radius 3 is 2.33 bits per heavy atom. The number of nitrogens with one attached hydrogen (secondary N) is 2. The Balaban J connectivity index is 4.78. The zero-order chi connectivity index (χ0) is 16.1. The lowest BCUT2D eigenvalue weighted by Gasteiger charge is -2.22. The van der Waals surface area contributed by atoms with Crippen molar-refractivity contribution < 1.29 is 0 Å². The van der Waals surface area contributed by atoms with Crippen molar-refractivity contribution in [3.63, 3.8) is 0 Å². The second kappa shape index (κ2) is 12.2. The maximum atomic E-state index is 5.88. The lowest BCUT2D eigenvalue weighted by Crippen LogP contribution is -2.40. The highest BCUT2D eigenvalue weighted by atomic mass is 15.0. The van der Waals surface area contributed by atoms with E-state index in [4.69, 9.17) is 11.5 Å². The van der Waals surface area contributed by atoms with Gasteiger partial charge in [0.05, 0.1) is 6.04 Å². The predicted octanol–water partition coefficient (Wildman–Crippen LogP) is 2.17. The maximum Gasteiger partial charge on any atom is 0.0622 e. The summed E-state index contributed by atoms with van der Waals surface area (Å²) in [4.78, 5) is 0. The van der Waals surface area contributed by atoms with Gasteiger partial charge in [-0.15, -0.1) is 0 Å². The van der Waals surface area contributed by atoms with Crippen molar-refractivity contribution in [1.82, 2.24) is 10.6 Å². The Morgan fingerprint density at radius 2 is 1.86 bits per heavy atom. The summed E-state index contributed by atoms with van der Waals surface area (Å²) in [7, 11) is 0. The lowest BCUT2D eigenvalue weighted by atomic mass is 10.1. The first-order chi connectivity index (χ1) is 10.1. The minimum Gasteiger partial charge on any atom is -0.388 e. The van der Waals surface area contributed by atoms with Crippen LogP contribution in [-0.4, -0.2) is 25.2 Å². The van der Waals surface area contributed by atoms with E-state index in [1.165, 1.54) is 0 Å². The molecule has 21 heavy (non-hydrogen) atoms. The third kappa shape index (κ3) is 8.38. The van der Waals surface area contributed by atoms with Crippen LogP contribution in [0.1, 0.15) is 33.6 Å². The molecule has 0 aliphatic rings. The van der Waals surface area contributed by atoms with Crippen LogP contribution in [0, 0.1) is 0 Å². The normalized spacial score (nSPS) is 14.6. The van der Waals surface area contributed by atoms with Crippen molar-refractivity contribution in [2.45, 2.75) is 45.7 Å². The monoisotopic (exact) mass is 292 g/mol. The average molecular weight is 292 g/mol. The quantitative estimate of drug-likeness (QED) is 0.440. The number of rotatable bonds is 11. The average Bonchev–Trinajstić information content (AvgIpc) is 2.50. The number of allylic oxidation sites excluding steroid dienone is 5. The summed E-state index contributed by atoms with van der Waals surface area (Å²) < 4.78 is 0. The lowest BCUT2D eigenvalue weighted by molar-refractivity contribution is 0.542. The molecule has 0 heterocycles. The van der Waals surface area contributed by atoms with Crippen LogP contribution in [0.3, 0.4) is 0 Å².